The van der Waals surface area contributed by atoms with E-state index in [1.165, 1.54) is 60.6 Å². The number of anilines is 1. The van der Waals surface area contributed by atoms with Crippen LogP contribution >= 0.6 is 0 Å². The first-order valence-electron chi connectivity index (χ1n) is 20.4. The van der Waals surface area contributed by atoms with Crippen molar-refractivity contribution in [3.05, 3.63) is 178 Å². The van der Waals surface area contributed by atoms with E-state index in [1.54, 1.807) is 21.3 Å². The highest BCUT2D eigenvalue weighted by Gasteiger charge is 2.54. The molecule has 2 aliphatic carbocycles. The van der Waals surface area contributed by atoms with E-state index in [-0.39, 0.29) is 0 Å². The molecular weight excluding hydrogens is 731 g/mol. The van der Waals surface area contributed by atoms with E-state index in [2.05, 4.69) is 138 Å². The van der Waals surface area contributed by atoms with Crippen LogP contribution in [-0.4, -0.2) is 47.6 Å². The number of nitrogens with zero attached hydrogens (tertiary/aromatic N) is 1. The predicted octanol–water partition coefficient (Wildman–Crippen LogP) is 11.0. The fraction of sp³-hybridized carbons (Fsp3) is 0.170. The molecule has 0 aromatic heterocycles. The van der Waals surface area contributed by atoms with Crippen molar-refractivity contribution in [2.45, 2.75) is 11.0 Å². The standard InChI is InChI=1S/C53H41NO5/c1-55-37-18-14-35(15-19-37)52(34-12-16-36(17-13-34)54-26-28-58-29-27-54)25-24-42-50-49(40-22-20-38(56-2)30-43(40)51(42)59-52)41-23-21-39(57-3)31-46(41)53(50)44-8-4-6-32-10-11-33-7-5-9-45(53)48(33)47(32)44/h4-25,30-31H,26-29H2,1-3H3. The minimum atomic E-state index is -0.965. The van der Waals surface area contributed by atoms with Crippen LogP contribution in [0.5, 0.6) is 23.0 Å². The first kappa shape index (κ1) is 34.3. The molecule has 1 fully saturated rings. The average molecular weight is 772 g/mol. The molecule has 0 bridgehead atoms. The Labute approximate surface area is 342 Å². The minimum absolute atomic E-state index is 0.645. The molecule has 0 amide bonds. The van der Waals surface area contributed by atoms with E-state index >= 15 is 0 Å². The largest absolute Gasteiger partial charge is 0.497 e. The molecule has 0 radical (unpaired) electrons. The van der Waals surface area contributed by atoms with Crippen molar-refractivity contribution < 1.29 is 23.7 Å². The number of rotatable bonds is 6. The van der Waals surface area contributed by atoms with Gasteiger partial charge >= 0.3 is 0 Å². The summed E-state index contributed by atoms with van der Waals surface area (Å²) in [6.45, 7) is 3.19. The Morgan fingerprint density at radius 3 is 1.85 bits per heavy atom. The normalized spacial score (nSPS) is 18.0. The molecule has 4 aliphatic rings. The maximum absolute atomic E-state index is 7.82. The van der Waals surface area contributed by atoms with E-state index in [0.29, 0.717) is 0 Å². The van der Waals surface area contributed by atoms with Crippen LogP contribution in [-0.2, 0) is 15.8 Å². The molecule has 2 aliphatic heterocycles. The van der Waals surface area contributed by atoms with Gasteiger partial charge in [-0.3, -0.25) is 0 Å². The monoisotopic (exact) mass is 771 g/mol. The number of hydrogen-bond acceptors (Lipinski definition) is 6. The Kier molecular flexibility index (Phi) is 7.33. The van der Waals surface area contributed by atoms with Gasteiger partial charge in [0.05, 0.1) is 40.0 Å². The molecule has 59 heavy (non-hydrogen) atoms. The highest BCUT2D eigenvalue weighted by molar-refractivity contribution is 6.19. The van der Waals surface area contributed by atoms with Gasteiger partial charge in [0.25, 0.3) is 0 Å². The number of ether oxygens (including phenoxy) is 5. The maximum Gasteiger partial charge on any atom is 0.178 e. The molecular formula is C53H41NO5. The molecule has 2 heterocycles. The van der Waals surface area contributed by atoms with Crippen molar-refractivity contribution in [1.29, 1.82) is 0 Å². The highest BCUT2D eigenvalue weighted by Crippen LogP contribution is 2.67. The van der Waals surface area contributed by atoms with Crippen LogP contribution < -0.4 is 23.8 Å². The molecule has 1 atom stereocenters. The lowest BCUT2D eigenvalue weighted by Gasteiger charge is -2.39. The van der Waals surface area contributed by atoms with Gasteiger partial charge in [-0.2, -0.15) is 0 Å². The van der Waals surface area contributed by atoms with Gasteiger partial charge in [-0.15, -0.1) is 0 Å². The number of morpholine rings is 1. The Balaban J connectivity index is 1.18. The van der Waals surface area contributed by atoms with E-state index in [1.807, 2.05) is 12.1 Å². The summed E-state index contributed by atoms with van der Waals surface area (Å²) in [4.78, 5) is 2.39. The number of hydrogen-bond donors (Lipinski definition) is 0. The van der Waals surface area contributed by atoms with Crippen LogP contribution in [0.1, 0.15) is 38.9 Å². The molecule has 1 unspecified atom stereocenters. The fourth-order valence-electron chi connectivity index (χ4n) is 10.8. The van der Waals surface area contributed by atoms with Crippen molar-refractivity contribution in [2.75, 3.05) is 52.5 Å². The Bertz CT molecular complexity index is 3010. The second-order valence-electron chi connectivity index (χ2n) is 16.0. The van der Waals surface area contributed by atoms with Crippen molar-refractivity contribution in [1.82, 2.24) is 0 Å². The zero-order chi connectivity index (χ0) is 39.5. The lowest BCUT2D eigenvalue weighted by Crippen LogP contribution is -2.37. The SMILES string of the molecule is COc1ccc(C2(c3ccc(N4CCOCC4)cc3)C=Cc3c4c(c5ccc(OC)cc5c3O2)-c2ccc(OC)cc2C42c3cccc4ccc5cccc2c5c34)cc1. The lowest BCUT2D eigenvalue weighted by molar-refractivity contribution is 0.122. The molecule has 8 aromatic carbocycles. The second kappa shape index (κ2) is 12.6. The number of methoxy groups -OCH3 is 3. The molecule has 1 saturated heterocycles. The molecule has 0 saturated carbocycles. The topological polar surface area (TPSA) is 49.4 Å². The van der Waals surface area contributed by atoms with Crippen LogP contribution in [0.3, 0.4) is 0 Å². The predicted molar refractivity (Wildman–Crippen MR) is 236 cm³/mol. The molecule has 6 heteroatoms. The first-order chi connectivity index (χ1) is 29.1. The van der Waals surface area contributed by atoms with Crippen LogP contribution in [0.15, 0.2) is 140 Å². The molecule has 12 rings (SSSR count). The third-order valence-corrected chi connectivity index (χ3v) is 13.4. The second-order valence-corrected chi connectivity index (χ2v) is 16.0. The molecule has 288 valence electrons. The Hall–Kier alpha value is -6.76. The quantitative estimate of drug-likeness (QED) is 0.157. The van der Waals surface area contributed by atoms with E-state index in [9.17, 15) is 0 Å². The number of fused-ring (bicyclic) bond motifs is 12. The fourth-order valence-corrected chi connectivity index (χ4v) is 10.8. The van der Waals surface area contributed by atoms with Crippen LogP contribution in [0, 0.1) is 0 Å². The average Bonchev–Trinajstić information content (AvgIpc) is 3.79. The van der Waals surface area contributed by atoms with Crippen molar-refractivity contribution >= 4 is 44.1 Å². The van der Waals surface area contributed by atoms with Crippen LogP contribution in [0.4, 0.5) is 5.69 Å². The van der Waals surface area contributed by atoms with Gasteiger partial charge in [0.1, 0.15) is 23.0 Å². The van der Waals surface area contributed by atoms with Gasteiger partial charge in [0, 0.05) is 40.9 Å². The van der Waals surface area contributed by atoms with Crippen LogP contribution in [0.2, 0.25) is 0 Å². The summed E-state index contributed by atoms with van der Waals surface area (Å²) in [5.74, 6) is 3.21. The molecule has 1 spiro atoms. The van der Waals surface area contributed by atoms with Gasteiger partial charge in [-0.05, 0) is 121 Å². The van der Waals surface area contributed by atoms with Crippen molar-refractivity contribution in [3.63, 3.8) is 0 Å². The summed E-state index contributed by atoms with van der Waals surface area (Å²) in [5.41, 5.74) is 10.1. The van der Waals surface area contributed by atoms with Crippen LogP contribution in [0.25, 0.3) is 49.5 Å². The van der Waals surface area contributed by atoms with Crippen molar-refractivity contribution in [2.24, 2.45) is 0 Å². The zero-order valence-corrected chi connectivity index (χ0v) is 33.2. The minimum Gasteiger partial charge on any atom is -0.497 e. The van der Waals surface area contributed by atoms with E-state index < -0.39 is 11.0 Å². The summed E-state index contributed by atoms with van der Waals surface area (Å²) >= 11 is 0. The summed E-state index contributed by atoms with van der Waals surface area (Å²) in [5, 5.41) is 7.19. The summed E-state index contributed by atoms with van der Waals surface area (Å²) < 4.78 is 31.1. The smallest absolute Gasteiger partial charge is 0.178 e. The summed E-state index contributed by atoms with van der Waals surface area (Å²) in [6.07, 6.45) is 4.61. The molecule has 8 aromatic rings. The number of benzene rings is 8. The van der Waals surface area contributed by atoms with Gasteiger partial charge < -0.3 is 28.6 Å². The summed E-state index contributed by atoms with van der Waals surface area (Å²) in [6, 6.07) is 48.4. The van der Waals surface area contributed by atoms with Gasteiger partial charge in [0.2, 0.25) is 0 Å². The molecule has 6 nitrogen and oxygen atoms in total. The van der Waals surface area contributed by atoms with E-state index in [0.717, 1.165) is 76.8 Å². The third-order valence-electron chi connectivity index (χ3n) is 13.4. The lowest BCUT2D eigenvalue weighted by atomic mass is 9.68. The van der Waals surface area contributed by atoms with E-state index in [4.69, 9.17) is 23.7 Å². The third kappa shape index (κ3) is 4.55. The Morgan fingerprint density at radius 2 is 1.19 bits per heavy atom. The highest BCUT2D eigenvalue weighted by atomic mass is 16.5. The van der Waals surface area contributed by atoms with Crippen molar-refractivity contribution in [3.8, 4) is 34.1 Å². The van der Waals surface area contributed by atoms with Gasteiger partial charge in [-0.25, -0.2) is 0 Å². The van der Waals surface area contributed by atoms with Gasteiger partial charge in [-0.1, -0.05) is 84.9 Å². The summed E-state index contributed by atoms with van der Waals surface area (Å²) in [7, 11) is 5.19. The van der Waals surface area contributed by atoms with Gasteiger partial charge in [0.15, 0.2) is 5.60 Å². The zero-order valence-electron chi connectivity index (χ0n) is 33.2. The maximum atomic E-state index is 7.82. The first-order valence-corrected chi connectivity index (χ1v) is 20.4. The molecule has 0 N–H and O–H groups in total. The Morgan fingerprint density at radius 1 is 0.576 bits per heavy atom.